The van der Waals surface area contributed by atoms with Crippen molar-refractivity contribution in [3.63, 3.8) is 0 Å². The Morgan fingerprint density at radius 1 is 1.44 bits per heavy atom. The molecule has 1 aliphatic rings. The normalized spacial score (nSPS) is 22.0. The summed E-state index contributed by atoms with van der Waals surface area (Å²) in [5.41, 5.74) is 0. The van der Waals surface area contributed by atoms with Crippen molar-refractivity contribution in [2.24, 2.45) is 0 Å². The maximum atomic E-state index is 5.68. The summed E-state index contributed by atoms with van der Waals surface area (Å²) in [6, 6.07) is 4.52. The number of thiophene rings is 1. The van der Waals surface area contributed by atoms with Crippen LogP contribution in [0, 0.1) is 0 Å². The molecular formula is C14H24N2OS. The van der Waals surface area contributed by atoms with Crippen LogP contribution in [-0.4, -0.2) is 37.2 Å². The number of hydrogen-bond donors (Lipinski definition) is 1. The molecule has 1 N–H and O–H groups in total. The highest BCUT2D eigenvalue weighted by Gasteiger charge is 2.15. The summed E-state index contributed by atoms with van der Waals surface area (Å²) in [4.78, 5) is 5.42. The Morgan fingerprint density at radius 2 is 2.28 bits per heavy atom. The van der Waals surface area contributed by atoms with E-state index in [1.54, 1.807) is 0 Å². The molecule has 1 saturated heterocycles. The fraction of sp³-hybridized carbons (Fsp3) is 0.714. The van der Waals surface area contributed by atoms with Crippen molar-refractivity contribution in [3.8, 4) is 0 Å². The molecule has 3 nitrogen and oxygen atoms in total. The largest absolute Gasteiger partial charge is 0.377 e. The van der Waals surface area contributed by atoms with Gasteiger partial charge in [-0.2, -0.15) is 0 Å². The summed E-state index contributed by atoms with van der Waals surface area (Å²) in [5, 5.41) is 3.38. The van der Waals surface area contributed by atoms with Gasteiger partial charge in [-0.1, -0.05) is 6.92 Å². The lowest BCUT2D eigenvalue weighted by molar-refractivity contribution is 0.0669. The first-order valence-corrected chi connectivity index (χ1v) is 7.72. The van der Waals surface area contributed by atoms with Gasteiger partial charge in [0.05, 0.1) is 6.10 Å². The fourth-order valence-electron chi connectivity index (χ4n) is 2.29. The Kier molecular flexibility index (Phi) is 5.63. The molecule has 0 radical (unpaired) electrons. The standard InChI is InChI=1S/C14H24N2OS/c1-3-15-9-13-5-6-14(18-13)11-16-7-4-8-17-12(2)10-16/h5-6,12,15H,3-4,7-11H2,1-2H3. The minimum atomic E-state index is 0.369. The van der Waals surface area contributed by atoms with Crippen molar-refractivity contribution >= 4 is 11.3 Å². The van der Waals surface area contributed by atoms with Crippen molar-refractivity contribution in [2.45, 2.75) is 39.5 Å². The number of nitrogens with one attached hydrogen (secondary N) is 1. The quantitative estimate of drug-likeness (QED) is 0.888. The molecule has 0 aliphatic carbocycles. The highest BCUT2D eigenvalue weighted by atomic mass is 32.1. The highest BCUT2D eigenvalue weighted by molar-refractivity contribution is 7.11. The van der Waals surface area contributed by atoms with Crippen molar-refractivity contribution in [2.75, 3.05) is 26.2 Å². The van der Waals surface area contributed by atoms with Gasteiger partial charge in [0, 0.05) is 42.5 Å². The van der Waals surface area contributed by atoms with Crippen LogP contribution in [-0.2, 0) is 17.8 Å². The monoisotopic (exact) mass is 268 g/mol. The van der Waals surface area contributed by atoms with E-state index in [-0.39, 0.29) is 0 Å². The maximum Gasteiger partial charge on any atom is 0.0674 e. The zero-order valence-corrected chi connectivity index (χ0v) is 12.3. The van der Waals surface area contributed by atoms with Crippen LogP contribution in [0.3, 0.4) is 0 Å². The second kappa shape index (κ2) is 7.24. The van der Waals surface area contributed by atoms with Crippen molar-refractivity contribution in [1.29, 1.82) is 0 Å². The molecule has 4 heteroatoms. The van der Waals surface area contributed by atoms with E-state index in [0.29, 0.717) is 6.10 Å². The van der Waals surface area contributed by atoms with Crippen molar-refractivity contribution in [3.05, 3.63) is 21.9 Å². The van der Waals surface area contributed by atoms with Gasteiger partial charge in [0.15, 0.2) is 0 Å². The average molecular weight is 268 g/mol. The first kappa shape index (κ1) is 14.0. The molecule has 18 heavy (non-hydrogen) atoms. The first-order valence-electron chi connectivity index (χ1n) is 6.90. The minimum absolute atomic E-state index is 0.369. The third-order valence-corrected chi connectivity index (χ3v) is 4.25. The summed E-state index contributed by atoms with van der Waals surface area (Å²) < 4.78 is 5.68. The molecule has 1 fully saturated rings. The minimum Gasteiger partial charge on any atom is -0.377 e. The van der Waals surface area contributed by atoms with Crippen LogP contribution in [0.2, 0.25) is 0 Å². The molecule has 1 atom stereocenters. The SMILES string of the molecule is CCNCc1ccc(CN2CCCOC(C)C2)s1. The van der Waals surface area contributed by atoms with Crippen LogP contribution in [0.15, 0.2) is 12.1 Å². The molecule has 0 aromatic carbocycles. The molecule has 1 aromatic heterocycles. The summed E-state index contributed by atoms with van der Waals surface area (Å²) in [6.07, 6.45) is 1.52. The molecule has 0 amide bonds. The number of rotatable bonds is 5. The van der Waals surface area contributed by atoms with E-state index < -0.39 is 0 Å². The topological polar surface area (TPSA) is 24.5 Å². The molecule has 1 unspecified atom stereocenters. The summed E-state index contributed by atoms with van der Waals surface area (Å²) in [6.45, 7) is 10.6. The third kappa shape index (κ3) is 4.35. The molecule has 102 valence electrons. The van der Waals surface area contributed by atoms with Gasteiger partial charge in [-0.15, -0.1) is 11.3 Å². The second-order valence-corrected chi connectivity index (χ2v) is 6.17. The molecule has 0 bridgehead atoms. The van der Waals surface area contributed by atoms with E-state index in [4.69, 9.17) is 4.74 Å². The summed E-state index contributed by atoms with van der Waals surface area (Å²) >= 11 is 1.93. The van der Waals surface area contributed by atoms with Gasteiger partial charge >= 0.3 is 0 Å². The lowest BCUT2D eigenvalue weighted by Crippen LogP contribution is -2.29. The number of ether oxygens (including phenoxy) is 1. The van der Waals surface area contributed by atoms with Crippen LogP contribution in [0.4, 0.5) is 0 Å². The predicted octanol–water partition coefficient (Wildman–Crippen LogP) is 2.47. The predicted molar refractivity (Wildman–Crippen MR) is 77.0 cm³/mol. The maximum absolute atomic E-state index is 5.68. The molecule has 2 heterocycles. The van der Waals surface area contributed by atoms with Crippen LogP contribution in [0.5, 0.6) is 0 Å². The van der Waals surface area contributed by atoms with E-state index in [1.165, 1.54) is 9.75 Å². The fourth-order valence-corrected chi connectivity index (χ4v) is 3.33. The Balaban J connectivity index is 1.85. The molecular weight excluding hydrogens is 244 g/mol. The smallest absolute Gasteiger partial charge is 0.0674 e. The zero-order valence-electron chi connectivity index (χ0n) is 11.4. The van der Waals surface area contributed by atoms with Crippen LogP contribution in [0.1, 0.15) is 30.0 Å². The second-order valence-electron chi connectivity index (χ2n) is 4.92. The lowest BCUT2D eigenvalue weighted by Gasteiger charge is -2.20. The molecule has 1 aromatic rings. The van der Waals surface area contributed by atoms with Crippen LogP contribution in [0.25, 0.3) is 0 Å². The first-order chi connectivity index (χ1) is 8.78. The summed E-state index contributed by atoms with van der Waals surface area (Å²) in [7, 11) is 0. The van der Waals surface area contributed by atoms with Gasteiger partial charge < -0.3 is 10.1 Å². The Hall–Kier alpha value is -0.420. The van der Waals surface area contributed by atoms with E-state index in [1.807, 2.05) is 11.3 Å². The molecule has 2 rings (SSSR count). The van der Waals surface area contributed by atoms with Crippen LogP contribution >= 0.6 is 11.3 Å². The molecule has 1 aliphatic heterocycles. The molecule has 0 saturated carbocycles. The lowest BCUT2D eigenvalue weighted by atomic mass is 10.3. The highest BCUT2D eigenvalue weighted by Crippen LogP contribution is 2.19. The van der Waals surface area contributed by atoms with E-state index >= 15 is 0 Å². The number of hydrogen-bond acceptors (Lipinski definition) is 4. The van der Waals surface area contributed by atoms with Crippen molar-refractivity contribution < 1.29 is 4.74 Å². The van der Waals surface area contributed by atoms with E-state index in [9.17, 15) is 0 Å². The van der Waals surface area contributed by atoms with Gasteiger partial charge in [0.1, 0.15) is 0 Å². The Labute approximate surface area is 114 Å². The zero-order chi connectivity index (χ0) is 12.8. The molecule has 0 spiro atoms. The van der Waals surface area contributed by atoms with E-state index in [2.05, 4.69) is 36.2 Å². The summed E-state index contributed by atoms with van der Waals surface area (Å²) in [5.74, 6) is 0. The Bertz CT molecular complexity index is 353. The average Bonchev–Trinajstić information content (AvgIpc) is 2.69. The van der Waals surface area contributed by atoms with Gasteiger partial charge in [-0.05, 0) is 32.0 Å². The Morgan fingerprint density at radius 3 is 3.11 bits per heavy atom. The van der Waals surface area contributed by atoms with Crippen molar-refractivity contribution in [1.82, 2.24) is 10.2 Å². The van der Waals surface area contributed by atoms with Crippen LogP contribution < -0.4 is 5.32 Å². The van der Waals surface area contributed by atoms with Gasteiger partial charge in [0.2, 0.25) is 0 Å². The van der Waals surface area contributed by atoms with Gasteiger partial charge in [0.25, 0.3) is 0 Å². The van der Waals surface area contributed by atoms with Gasteiger partial charge in [-0.3, -0.25) is 4.90 Å². The number of nitrogens with zero attached hydrogens (tertiary/aromatic N) is 1. The van der Waals surface area contributed by atoms with E-state index in [0.717, 1.165) is 45.8 Å². The van der Waals surface area contributed by atoms with Gasteiger partial charge in [-0.25, -0.2) is 0 Å². The third-order valence-electron chi connectivity index (χ3n) is 3.18.